The summed E-state index contributed by atoms with van der Waals surface area (Å²) < 4.78 is 27.2. The molecular weight excluding hydrogens is 414 g/mol. The molecule has 0 aliphatic carbocycles. The summed E-state index contributed by atoms with van der Waals surface area (Å²) in [6.45, 7) is 0.347. The summed E-state index contributed by atoms with van der Waals surface area (Å²) in [5, 5.41) is 9.80. The number of H-pyrrole nitrogens is 1. The van der Waals surface area contributed by atoms with Crippen LogP contribution in [0.4, 0.5) is 11.6 Å². The van der Waals surface area contributed by atoms with Crippen LogP contribution in [-0.2, 0) is 10.0 Å². The Balaban J connectivity index is 1.36. The Labute approximate surface area is 169 Å². The number of carbonyl (C=O) groups excluding carboxylic acids is 1. The van der Waals surface area contributed by atoms with Crippen LogP contribution in [0.1, 0.15) is 10.4 Å². The van der Waals surface area contributed by atoms with Gasteiger partial charge in [0.15, 0.2) is 11.0 Å². The number of fused-ring (bicyclic) bond motifs is 3. The fraction of sp³-hybridized carbons (Fsp3) is 0.118. The Bertz CT molecular complexity index is 1260. The molecule has 10 nitrogen and oxygen atoms in total. The van der Waals surface area contributed by atoms with Gasteiger partial charge in [-0.05, 0) is 42.1 Å². The molecule has 29 heavy (non-hydrogen) atoms. The Morgan fingerprint density at radius 1 is 1.24 bits per heavy atom. The second-order valence-corrected chi connectivity index (χ2v) is 9.04. The van der Waals surface area contributed by atoms with Gasteiger partial charge in [-0.25, -0.2) is 8.42 Å². The van der Waals surface area contributed by atoms with Gasteiger partial charge in [0.05, 0.1) is 11.4 Å². The second kappa shape index (κ2) is 6.67. The van der Waals surface area contributed by atoms with E-state index in [2.05, 4.69) is 29.9 Å². The Morgan fingerprint density at radius 3 is 2.97 bits per heavy atom. The number of aromatic amines is 1. The minimum absolute atomic E-state index is 0.0256. The monoisotopic (exact) mass is 427 g/mol. The van der Waals surface area contributed by atoms with Crippen molar-refractivity contribution in [3.63, 3.8) is 0 Å². The lowest BCUT2D eigenvalue weighted by molar-refractivity contribution is 0.102. The Kier molecular flexibility index (Phi) is 4.10. The first-order valence-corrected chi connectivity index (χ1v) is 11.0. The molecule has 146 valence electrons. The summed E-state index contributed by atoms with van der Waals surface area (Å²) in [6, 6.07) is 10.6. The van der Waals surface area contributed by atoms with Crippen LogP contribution in [0.5, 0.6) is 0 Å². The van der Waals surface area contributed by atoms with Gasteiger partial charge >= 0.3 is 0 Å². The molecule has 2 aliphatic heterocycles. The third-order valence-corrected chi connectivity index (χ3v) is 6.66. The molecule has 0 bridgehead atoms. The maximum Gasteiger partial charge on any atom is 0.258 e. The van der Waals surface area contributed by atoms with Crippen LogP contribution in [0.25, 0.3) is 11.5 Å². The van der Waals surface area contributed by atoms with E-state index in [9.17, 15) is 13.2 Å². The molecule has 0 atom stereocenters. The summed E-state index contributed by atoms with van der Waals surface area (Å²) in [4.78, 5) is 23.6. The molecule has 2 aliphatic rings. The van der Waals surface area contributed by atoms with Crippen molar-refractivity contribution in [2.24, 2.45) is 4.40 Å². The molecule has 12 heteroatoms. The molecule has 0 spiro atoms. The molecule has 0 saturated carbocycles. The minimum atomic E-state index is -3.42. The van der Waals surface area contributed by atoms with Crippen LogP contribution in [0.3, 0.4) is 0 Å². The van der Waals surface area contributed by atoms with E-state index in [4.69, 9.17) is 0 Å². The number of hydrogen-bond acceptors (Lipinski definition) is 8. The first-order chi connectivity index (χ1) is 14.0. The average Bonchev–Trinajstić information content (AvgIpc) is 3.31. The highest BCUT2D eigenvalue weighted by Gasteiger charge is 2.33. The van der Waals surface area contributed by atoms with Gasteiger partial charge in [-0.15, -0.1) is 9.50 Å². The predicted molar refractivity (Wildman–Crippen MR) is 108 cm³/mol. The highest BCUT2D eigenvalue weighted by molar-refractivity contribution is 8.15. The fourth-order valence-corrected chi connectivity index (χ4v) is 5.28. The van der Waals surface area contributed by atoms with Crippen molar-refractivity contribution in [3.05, 3.63) is 48.2 Å². The van der Waals surface area contributed by atoms with E-state index in [-0.39, 0.29) is 17.6 Å². The smallest absolute Gasteiger partial charge is 0.258 e. The van der Waals surface area contributed by atoms with Crippen molar-refractivity contribution < 1.29 is 13.2 Å². The van der Waals surface area contributed by atoms with Crippen molar-refractivity contribution in [2.75, 3.05) is 22.5 Å². The molecule has 5 rings (SSSR count). The van der Waals surface area contributed by atoms with Crippen molar-refractivity contribution in [3.8, 4) is 11.5 Å². The number of aromatic nitrogens is 4. The normalized spacial score (nSPS) is 16.7. The number of sulfonamides is 1. The lowest BCUT2D eigenvalue weighted by Gasteiger charge is -2.22. The SMILES string of the molecule is O=C(Nc1n[nH]c(-c2ccccn2)n1)c1ccc2c(c1)SC1=NS(=O)(=O)CCN12. The standard InChI is InChI=1S/C17H13N7O3S2/c25-15(20-16-19-14(21-22-16)11-3-1-2-6-18-11)10-4-5-12-13(9-10)28-17-23-29(26,27)8-7-24(12)17/h1-6,9H,7-8H2,(H2,19,20,21,22,25). The molecular formula is C17H13N7O3S2. The fourth-order valence-electron chi connectivity index (χ4n) is 2.98. The Hall–Kier alpha value is -3.25. The summed E-state index contributed by atoms with van der Waals surface area (Å²) in [7, 11) is -3.42. The number of amides is 1. The molecule has 0 fully saturated rings. The van der Waals surface area contributed by atoms with Crippen LogP contribution in [0.2, 0.25) is 0 Å². The van der Waals surface area contributed by atoms with Crippen LogP contribution < -0.4 is 10.2 Å². The molecule has 3 aromatic rings. The number of nitrogens with zero attached hydrogens (tertiary/aromatic N) is 5. The summed E-state index contributed by atoms with van der Waals surface area (Å²) in [6.07, 6.45) is 1.64. The third kappa shape index (κ3) is 3.36. The molecule has 2 N–H and O–H groups in total. The highest BCUT2D eigenvalue weighted by Crippen LogP contribution is 2.42. The number of thioether (sulfide) groups is 1. The molecule has 1 aromatic carbocycles. The molecule has 0 saturated heterocycles. The first-order valence-electron chi connectivity index (χ1n) is 8.56. The van der Waals surface area contributed by atoms with E-state index in [0.29, 0.717) is 28.8 Å². The number of hydrogen-bond donors (Lipinski definition) is 2. The van der Waals surface area contributed by atoms with E-state index in [1.54, 1.807) is 36.5 Å². The molecule has 0 radical (unpaired) electrons. The number of rotatable bonds is 3. The van der Waals surface area contributed by atoms with Gasteiger partial charge in [0, 0.05) is 23.2 Å². The highest BCUT2D eigenvalue weighted by atomic mass is 32.2. The van der Waals surface area contributed by atoms with Crippen molar-refractivity contribution in [1.29, 1.82) is 0 Å². The average molecular weight is 427 g/mol. The van der Waals surface area contributed by atoms with Crippen molar-refractivity contribution in [2.45, 2.75) is 4.90 Å². The van der Waals surface area contributed by atoms with Crippen molar-refractivity contribution in [1.82, 2.24) is 20.2 Å². The van der Waals surface area contributed by atoms with Crippen LogP contribution >= 0.6 is 11.8 Å². The third-order valence-electron chi connectivity index (χ3n) is 4.35. The van der Waals surface area contributed by atoms with Crippen LogP contribution in [-0.4, -0.2) is 52.0 Å². The van der Waals surface area contributed by atoms with Gasteiger partial charge in [0.25, 0.3) is 15.9 Å². The number of benzene rings is 1. The number of amidine groups is 1. The van der Waals surface area contributed by atoms with E-state index < -0.39 is 10.0 Å². The number of pyridine rings is 1. The zero-order valence-electron chi connectivity index (χ0n) is 14.7. The lowest BCUT2D eigenvalue weighted by atomic mass is 10.2. The van der Waals surface area contributed by atoms with Crippen LogP contribution in [0.15, 0.2) is 51.9 Å². The quantitative estimate of drug-likeness (QED) is 0.646. The molecule has 4 heterocycles. The van der Waals surface area contributed by atoms with Gasteiger partial charge in [-0.2, -0.15) is 4.98 Å². The number of carbonyl (C=O) groups is 1. The van der Waals surface area contributed by atoms with E-state index >= 15 is 0 Å². The largest absolute Gasteiger partial charge is 0.318 e. The zero-order valence-corrected chi connectivity index (χ0v) is 16.4. The molecule has 1 amide bonds. The lowest BCUT2D eigenvalue weighted by Crippen LogP contribution is -2.35. The second-order valence-electron chi connectivity index (χ2n) is 6.27. The van der Waals surface area contributed by atoms with E-state index in [0.717, 1.165) is 10.6 Å². The minimum Gasteiger partial charge on any atom is -0.318 e. The van der Waals surface area contributed by atoms with E-state index in [1.807, 2.05) is 11.0 Å². The molecule has 0 unspecified atom stereocenters. The van der Waals surface area contributed by atoms with Crippen molar-refractivity contribution >= 4 is 44.5 Å². The topological polar surface area (TPSA) is 133 Å². The number of anilines is 2. The summed E-state index contributed by atoms with van der Waals surface area (Å²) >= 11 is 1.23. The Morgan fingerprint density at radius 2 is 2.14 bits per heavy atom. The predicted octanol–water partition coefficient (Wildman–Crippen LogP) is 1.73. The van der Waals surface area contributed by atoms with Gasteiger partial charge in [0.1, 0.15) is 5.69 Å². The van der Waals surface area contributed by atoms with Crippen LogP contribution in [0, 0.1) is 0 Å². The summed E-state index contributed by atoms with van der Waals surface area (Å²) in [5.74, 6) is 0.180. The zero-order chi connectivity index (χ0) is 20.0. The summed E-state index contributed by atoms with van der Waals surface area (Å²) in [5.41, 5.74) is 1.86. The molecule has 2 aromatic heterocycles. The number of nitrogens with one attached hydrogen (secondary N) is 2. The maximum absolute atomic E-state index is 12.6. The van der Waals surface area contributed by atoms with Gasteiger partial charge in [-0.1, -0.05) is 6.07 Å². The van der Waals surface area contributed by atoms with Gasteiger partial charge in [0.2, 0.25) is 5.95 Å². The first kappa shape index (κ1) is 17.8. The van der Waals surface area contributed by atoms with Gasteiger partial charge < -0.3 is 4.90 Å². The van der Waals surface area contributed by atoms with Gasteiger partial charge in [-0.3, -0.25) is 20.2 Å². The van der Waals surface area contributed by atoms with E-state index in [1.165, 1.54) is 11.8 Å². The maximum atomic E-state index is 12.6.